The predicted octanol–water partition coefficient (Wildman–Crippen LogP) is 2.08. The summed E-state index contributed by atoms with van der Waals surface area (Å²) in [6, 6.07) is 0.265. The van der Waals surface area contributed by atoms with Crippen LogP contribution in [0.4, 0.5) is 0 Å². The second-order valence-corrected chi connectivity index (χ2v) is 9.11. The average molecular weight is 332 g/mol. The van der Waals surface area contributed by atoms with Gasteiger partial charge in [-0.1, -0.05) is 0 Å². The Morgan fingerprint density at radius 3 is 2.71 bits per heavy atom. The lowest BCUT2D eigenvalue weighted by molar-refractivity contribution is 0.241. The molecule has 1 N–H and O–H groups in total. The minimum Gasteiger partial charge on any atom is -0.312 e. The van der Waals surface area contributed by atoms with Crippen molar-refractivity contribution in [1.29, 1.82) is 0 Å². The second-order valence-electron chi connectivity index (χ2n) is 5.89. The quantitative estimate of drug-likeness (QED) is 0.897. The molecule has 1 saturated heterocycles. The van der Waals surface area contributed by atoms with E-state index < -0.39 is 10.0 Å². The minimum absolute atomic E-state index is 0.265. The van der Waals surface area contributed by atoms with Gasteiger partial charge in [0.2, 0.25) is 10.0 Å². The minimum atomic E-state index is -3.07. The van der Waals surface area contributed by atoms with Crippen molar-refractivity contribution < 1.29 is 8.42 Å². The first-order valence-electron chi connectivity index (χ1n) is 7.37. The largest absolute Gasteiger partial charge is 0.312 e. The molecule has 21 heavy (non-hydrogen) atoms. The molecule has 0 amide bonds. The molecule has 7 heteroatoms. The third-order valence-corrected chi connectivity index (χ3v) is 6.58. The molecule has 2 unspecified atom stereocenters. The van der Waals surface area contributed by atoms with Crippen LogP contribution in [0.15, 0.2) is 0 Å². The van der Waals surface area contributed by atoms with E-state index >= 15 is 0 Å². The van der Waals surface area contributed by atoms with E-state index in [1.54, 1.807) is 15.6 Å². The third-order valence-electron chi connectivity index (χ3n) is 4.12. The Kier molecular flexibility index (Phi) is 5.40. The van der Waals surface area contributed by atoms with E-state index in [2.05, 4.69) is 10.3 Å². The van der Waals surface area contributed by atoms with E-state index in [1.807, 2.05) is 20.9 Å². The van der Waals surface area contributed by atoms with Gasteiger partial charge in [-0.25, -0.2) is 17.7 Å². The van der Waals surface area contributed by atoms with Gasteiger partial charge in [-0.3, -0.25) is 0 Å². The molecule has 0 aromatic carbocycles. The smallest absolute Gasteiger partial charge is 0.211 e. The van der Waals surface area contributed by atoms with Crippen LogP contribution in [0, 0.1) is 19.8 Å². The van der Waals surface area contributed by atoms with Gasteiger partial charge >= 0.3 is 0 Å². The van der Waals surface area contributed by atoms with Crippen LogP contribution in [0.1, 0.15) is 40.9 Å². The molecular weight excluding hydrogens is 306 g/mol. The van der Waals surface area contributed by atoms with E-state index in [1.165, 1.54) is 11.1 Å². The predicted molar refractivity (Wildman–Crippen MR) is 87.1 cm³/mol. The van der Waals surface area contributed by atoms with Crippen molar-refractivity contribution >= 4 is 21.4 Å². The Morgan fingerprint density at radius 1 is 1.48 bits per heavy atom. The maximum Gasteiger partial charge on any atom is 0.211 e. The van der Waals surface area contributed by atoms with Crippen molar-refractivity contribution in [2.24, 2.45) is 5.92 Å². The number of aromatic nitrogens is 1. The monoisotopic (exact) mass is 331 g/mol. The Morgan fingerprint density at radius 2 is 2.19 bits per heavy atom. The Hall–Kier alpha value is -0.500. The van der Waals surface area contributed by atoms with Crippen LogP contribution in [0.2, 0.25) is 0 Å². The summed E-state index contributed by atoms with van der Waals surface area (Å²) in [7, 11) is -1.10. The van der Waals surface area contributed by atoms with Crippen LogP contribution < -0.4 is 5.32 Å². The molecule has 0 spiro atoms. The van der Waals surface area contributed by atoms with Gasteiger partial charge in [0.1, 0.15) is 0 Å². The fourth-order valence-electron chi connectivity index (χ4n) is 3.08. The first kappa shape index (κ1) is 16.9. The fraction of sp³-hybridized carbons (Fsp3) is 0.786. The zero-order valence-electron chi connectivity index (χ0n) is 13.2. The molecule has 0 aliphatic carbocycles. The number of rotatable bonds is 5. The third kappa shape index (κ3) is 4.25. The highest BCUT2D eigenvalue weighted by Crippen LogP contribution is 2.32. The molecule has 1 aromatic rings. The Bertz CT molecular complexity index is 583. The normalized spacial score (nSPS) is 22.4. The lowest BCUT2D eigenvalue weighted by atomic mass is 9.91. The van der Waals surface area contributed by atoms with Gasteiger partial charge in [0.15, 0.2) is 0 Å². The van der Waals surface area contributed by atoms with Crippen molar-refractivity contribution in [1.82, 2.24) is 14.6 Å². The van der Waals surface area contributed by atoms with Crippen LogP contribution >= 0.6 is 11.3 Å². The summed E-state index contributed by atoms with van der Waals surface area (Å²) in [5.41, 5.74) is 1.09. The zero-order chi connectivity index (χ0) is 15.6. The Labute approximate surface area is 131 Å². The number of nitrogens with one attached hydrogen (secondary N) is 1. The molecule has 2 heterocycles. The molecule has 1 aliphatic rings. The highest BCUT2D eigenvalue weighted by Gasteiger charge is 2.28. The first-order valence-corrected chi connectivity index (χ1v) is 10.0. The van der Waals surface area contributed by atoms with Crippen LogP contribution in [0.25, 0.3) is 0 Å². The Balaban J connectivity index is 2.07. The van der Waals surface area contributed by atoms with Crippen molar-refractivity contribution in [2.75, 3.05) is 26.4 Å². The van der Waals surface area contributed by atoms with E-state index in [-0.39, 0.29) is 6.04 Å². The van der Waals surface area contributed by atoms with Gasteiger partial charge < -0.3 is 5.32 Å². The van der Waals surface area contributed by atoms with Crippen LogP contribution in [-0.2, 0) is 10.0 Å². The molecule has 0 bridgehead atoms. The molecule has 2 rings (SSSR count). The van der Waals surface area contributed by atoms with Crippen LogP contribution in [-0.4, -0.2) is 44.1 Å². The van der Waals surface area contributed by atoms with Gasteiger partial charge in [-0.2, -0.15) is 0 Å². The van der Waals surface area contributed by atoms with Gasteiger partial charge in [-0.05, 0) is 46.1 Å². The molecular formula is C14H25N3O2S2. The summed E-state index contributed by atoms with van der Waals surface area (Å²) in [4.78, 5) is 5.78. The number of nitrogens with zero attached hydrogens (tertiary/aromatic N) is 2. The van der Waals surface area contributed by atoms with Gasteiger partial charge in [0.05, 0.1) is 17.0 Å². The summed E-state index contributed by atoms with van der Waals surface area (Å²) in [5, 5.41) is 4.46. The standard InChI is InChI=1S/C14H25N3O2S2/c1-10-14(20-11(2)16-10)13(15-3)8-12-6-5-7-17(9-12)21(4,18)19/h12-13,15H,5-9H2,1-4H3. The first-order chi connectivity index (χ1) is 9.81. The van der Waals surface area contributed by atoms with Gasteiger partial charge in [0, 0.05) is 24.0 Å². The number of hydrogen-bond donors (Lipinski definition) is 1. The average Bonchev–Trinajstić information content (AvgIpc) is 2.74. The molecule has 1 fully saturated rings. The lowest BCUT2D eigenvalue weighted by Crippen LogP contribution is -2.40. The molecule has 2 atom stereocenters. The maximum atomic E-state index is 11.7. The van der Waals surface area contributed by atoms with Crippen LogP contribution in [0.5, 0.6) is 0 Å². The highest BCUT2D eigenvalue weighted by atomic mass is 32.2. The summed E-state index contributed by atoms with van der Waals surface area (Å²) in [5.74, 6) is 0.410. The van der Waals surface area contributed by atoms with E-state index in [0.717, 1.165) is 30.0 Å². The number of sulfonamides is 1. The summed E-state index contributed by atoms with van der Waals surface area (Å²) >= 11 is 1.74. The van der Waals surface area contributed by atoms with Crippen LogP contribution in [0.3, 0.4) is 0 Å². The molecule has 0 radical (unpaired) electrons. The number of piperidine rings is 1. The number of hydrogen-bond acceptors (Lipinski definition) is 5. The second kappa shape index (κ2) is 6.73. The molecule has 1 aliphatic heterocycles. The summed E-state index contributed by atoms with van der Waals surface area (Å²) < 4.78 is 25.1. The molecule has 5 nitrogen and oxygen atoms in total. The SMILES string of the molecule is CNC(CC1CCCN(S(C)(=O)=O)C1)c1sc(C)nc1C. The number of aryl methyl sites for hydroxylation is 2. The van der Waals surface area contributed by atoms with Crippen molar-refractivity contribution in [2.45, 2.75) is 39.2 Å². The number of thiazole rings is 1. The van der Waals surface area contributed by atoms with Gasteiger partial charge in [0.25, 0.3) is 0 Å². The fourth-order valence-corrected chi connectivity index (χ4v) is 5.07. The highest BCUT2D eigenvalue weighted by molar-refractivity contribution is 7.88. The topological polar surface area (TPSA) is 62.3 Å². The summed E-state index contributed by atoms with van der Waals surface area (Å²) in [6.45, 7) is 5.39. The molecule has 120 valence electrons. The zero-order valence-corrected chi connectivity index (χ0v) is 14.9. The van der Waals surface area contributed by atoms with E-state index in [9.17, 15) is 8.42 Å². The van der Waals surface area contributed by atoms with E-state index in [4.69, 9.17) is 0 Å². The maximum absolute atomic E-state index is 11.7. The van der Waals surface area contributed by atoms with Gasteiger partial charge in [-0.15, -0.1) is 11.3 Å². The van der Waals surface area contributed by atoms with Crippen molar-refractivity contribution in [3.63, 3.8) is 0 Å². The van der Waals surface area contributed by atoms with E-state index in [0.29, 0.717) is 19.0 Å². The lowest BCUT2D eigenvalue weighted by Gasteiger charge is -2.32. The van der Waals surface area contributed by atoms with Crippen molar-refractivity contribution in [3.05, 3.63) is 15.6 Å². The summed E-state index contributed by atoms with van der Waals surface area (Å²) in [6.07, 6.45) is 4.32. The van der Waals surface area contributed by atoms with Crippen molar-refractivity contribution in [3.8, 4) is 0 Å². The molecule has 1 aromatic heterocycles. The molecule has 0 saturated carbocycles.